The molecule has 16 heavy (non-hydrogen) atoms. The van der Waals surface area contributed by atoms with Crippen LogP contribution in [-0.4, -0.2) is 48.2 Å². The average molecular weight is 230 g/mol. The number of carbonyl (C=O) groups is 1. The molecule has 0 spiro atoms. The second-order valence-electron chi connectivity index (χ2n) is 5.25. The fourth-order valence-corrected chi connectivity index (χ4v) is 1.54. The summed E-state index contributed by atoms with van der Waals surface area (Å²) in [4.78, 5) is 13.3. The first-order valence-electron chi connectivity index (χ1n) is 5.88. The molecule has 0 heterocycles. The fourth-order valence-electron chi connectivity index (χ4n) is 1.54. The Bertz CT molecular complexity index is 229. The molecule has 2 N–H and O–H groups in total. The van der Waals surface area contributed by atoms with Crippen molar-refractivity contribution in [3.05, 3.63) is 0 Å². The summed E-state index contributed by atoms with van der Waals surface area (Å²) in [5, 5.41) is 12.5. The van der Waals surface area contributed by atoms with Crippen LogP contribution >= 0.6 is 0 Å². The van der Waals surface area contributed by atoms with Crippen LogP contribution in [0.25, 0.3) is 0 Å². The maximum atomic E-state index is 11.2. The molecular weight excluding hydrogens is 204 g/mol. The number of nitrogens with zero attached hydrogens (tertiary/aromatic N) is 1. The first-order chi connectivity index (χ1) is 7.23. The molecular formula is C12H26N2O2. The summed E-state index contributed by atoms with van der Waals surface area (Å²) < 4.78 is 0. The summed E-state index contributed by atoms with van der Waals surface area (Å²) in [7, 11) is 4.00. The molecule has 2 atom stereocenters. The third-order valence-corrected chi connectivity index (χ3v) is 3.05. The van der Waals surface area contributed by atoms with Crippen molar-refractivity contribution in [3.63, 3.8) is 0 Å². The molecule has 0 saturated carbocycles. The van der Waals surface area contributed by atoms with Crippen LogP contribution in [0.2, 0.25) is 0 Å². The Morgan fingerprint density at radius 2 is 1.94 bits per heavy atom. The largest absolute Gasteiger partial charge is 0.480 e. The maximum Gasteiger partial charge on any atom is 0.323 e. The highest BCUT2D eigenvalue weighted by Crippen LogP contribution is 2.14. The molecule has 2 unspecified atom stereocenters. The summed E-state index contributed by atoms with van der Waals surface area (Å²) in [6, 6.07) is 0.191. The minimum atomic E-state index is -0.828. The Balaban J connectivity index is 4.65. The monoisotopic (exact) mass is 230 g/mol. The first kappa shape index (κ1) is 15.4. The zero-order valence-electron chi connectivity index (χ0n) is 11.4. The van der Waals surface area contributed by atoms with Crippen LogP contribution in [0.4, 0.5) is 0 Å². The van der Waals surface area contributed by atoms with E-state index in [-0.39, 0.29) is 6.04 Å². The molecule has 0 fully saturated rings. The van der Waals surface area contributed by atoms with Gasteiger partial charge in [-0.15, -0.1) is 0 Å². The van der Waals surface area contributed by atoms with Crippen molar-refractivity contribution in [1.82, 2.24) is 10.2 Å². The van der Waals surface area contributed by atoms with E-state index in [0.29, 0.717) is 12.3 Å². The van der Waals surface area contributed by atoms with Gasteiger partial charge in [0.1, 0.15) is 5.54 Å². The molecule has 0 aliphatic carbocycles. The van der Waals surface area contributed by atoms with Gasteiger partial charge in [0.05, 0.1) is 0 Å². The molecule has 0 aromatic rings. The zero-order chi connectivity index (χ0) is 12.9. The lowest BCUT2D eigenvalue weighted by Crippen LogP contribution is -2.57. The fraction of sp³-hybridized carbons (Fsp3) is 0.917. The number of hydrogen-bond acceptors (Lipinski definition) is 3. The van der Waals surface area contributed by atoms with Gasteiger partial charge in [-0.1, -0.05) is 20.8 Å². The molecule has 0 saturated heterocycles. The Hall–Kier alpha value is -0.610. The van der Waals surface area contributed by atoms with Crippen molar-refractivity contribution in [1.29, 1.82) is 0 Å². The third kappa shape index (κ3) is 4.49. The second-order valence-corrected chi connectivity index (χ2v) is 5.25. The summed E-state index contributed by atoms with van der Waals surface area (Å²) in [5.41, 5.74) is -0.828. The predicted molar refractivity (Wildman–Crippen MR) is 66.6 cm³/mol. The van der Waals surface area contributed by atoms with E-state index >= 15 is 0 Å². The topological polar surface area (TPSA) is 52.6 Å². The van der Waals surface area contributed by atoms with Gasteiger partial charge in [0.25, 0.3) is 0 Å². The standard InChI is InChI=1S/C12H26N2O2/c1-7-12(4,11(15)16)13-10(9(2)3)8-14(5)6/h9-10,13H,7-8H2,1-6H3,(H,15,16). The number of carboxylic acids is 1. The number of aliphatic carboxylic acids is 1. The van der Waals surface area contributed by atoms with Crippen LogP contribution in [0, 0.1) is 5.92 Å². The lowest BCUT2D eigenvalue weighted by Gasteiger charge is -2.34. The van der Waals surface area contributed by atoms with Crippen LogP contribution < -0.4 is 5.32 Å². The molecule has 0 aromatic heterocycles. The molecule has 4 heteroatoms. The maximum absolute atomic E-state index is 11.2. The molecule has 0 bridgehead atoms. The van der Waals surface area contributed by atoms with Gasteiger partial charge in [-0.05, 0) is 33.4 Å². The summed E-state index contributed by atoms with van der Waals surface area (Å²) in [5.74, 6) is -0.368. The normalized spacial score (nSPS) is 17.5. The van der Waals surface area contributed by atoms with E-state index in [9.17, 15) is 9.90 Å². The van der Waals surface area contributed by atoms with Gasteiger partial charge in [0.2, 0.25) is 0 Å². The van der Waals surface area contributed by atoms with Gasteiger partial charge in [-0.3, -0.25) is 10.1 Å². The summed E-state index contributed by atoms with van der Waals surface area (Å²) in [6.07, 6.45) is 0.582. The van der Waals surface area contributed by atoms with E-state index < -0.39 is 11.5 Å². The Labute approximate surface area is 99.0 Å². The molecule has 96 valence electrons. The van der Waals surface area contributed by atoms with E-state index in [2.05, 4.69) is 24.1 Å². The number of hydrogen-bond donors (Lipinski definition) is 2. The van der Waals surface area contributed by atoms with E-state index in [0.717, 1.165) is 6.54 Å². The Morgan fingerprint density at radius 1 is 1.44 bits per heavy atom. The van der Waals surface area contributed by atoms with E-state index in [4.69, 9.17) is 0 Å². The van der Waals surface area contributed by atoms with Gasteiger partial charge in [0, 0.05) is 12.6 Å². The van der Waals surface area contributed by atoms with Crippen molar-refractivity contribution in [2.45, 2.75) is 45.7 Å². The van der Waals surface area contributed by atoms with Crippen LogP contribution in [-0.2, 0) is 4.79 Å². The molecule has 0 aliphatic rings. The van der Waals surface area contributed by atoms with Crippen molar-refractivity contribution in [2.75, 3.05) is 20.6 Å². The zero-order valence-corrected chi connectivity index (χ0v) is 11.4. The number of likely N-dealkylation sites (N-methyl/N-ethyl adjacent to an activating group) is 1. The highest BCUT2D eigenvalue weighted by molar-refractivity contribution is 5.78. The smallest absolute Gasteiger partial charge is 0.323 e. The Morgan fingerprint density at radius 3 is 2.19 bits per heavy atom. The number of nitrogens with one attached hydrogen (secondary N) is 1. The number of rotatable bonds is 7. The lowest BCUT2D eigenvalue weighted by molar-refractivity contribution is -0.144. The van der Waals surface area contributed by atoms with Crippen LogP contribution in [0.15, 0.2) is 0 Å². The van der Waals surface area contributed by atoms with Crippen LogP contribution in [0.3, 0.4) is 0 Å². The molecule has 0 aliphatic heterocycles. The SMILES string of the molecule is CCC(C)(NC(CN(C)C)C(C)C)C(=O)O. The van der Waals surface area contributed by atoms with Gasteiger partial charge in [-0.25, -0.2) is 0 Å². The summed E-state index contributed by atoms with van der Waals surface area (Å²) in [6.45, 7) is 8.72. The minimum absolute atomic E-state index is 0.191. The second kappa shape index (κ2) is 6.21. The van der Waals surface area contributed by atoms with E-state index in [1.165, 1.54) is 0 Å². The molecule has 0 radical (unpaired) electrons. The summed E-state index contributed by atoms with van der Waals surface area (Å²) >= 11 is 0. The Kier molecular flexibility index (Phi) is 5.97. The van der Waals surface area contributed by atoms with Gasteiger partial charge in [-0.2, -0.15) is 0 Å². The first-order valence-corrected chi connectivity index (χ1v) is 5.88. The van der Waals surface area contributed by atoms with Crippen molar-refractivity contribution >= 4 is 5.97 Å². The molecule has 0 rings (SSSR count). The van der Waals surface area contributed by atoms with Crippen molar-refractivity contribution < 1.29 is 9.90 Å². The van der Waals surface area contributed by atoms with Gasteiger partial charge < -0.3 is 10.0 Å². The van der Waals surface area contributed by atoms with Crippen LogP contribution in [0.5, 0.6) is 0 Å². The highest BCUT2D eigenvalue weighted by Gasteiger charge is 2.34. The van der Waals surface area contributed by atoms with Gasteiger partial charge in [0.15, 0.2) is 0 Å². The van der Waals surface area contributed by atoms with E-state index in [1.54, 1.807) is 6.92 Å². The molecule has 4 nitrogen and oxygen atoms in total. The van der Waals surface area contributed by atoms with Gasteiger partial charge >= 0.3 is 5.97 Å². The minimum Gasteiger partial charge on any atom is -0.480 e. The highest BCUT2D eigenvalue weighted by atomic mass is 16.4. The third-order valence-electron chi connectivity index (χ3n) is 3.05. The predicted octanol–water partition coefficient (Wildman–Crippen LogP) is 1.42. The molecule has 0 amide bonds. The molecule has 0 aromatic carbocycles. The van der Waals surface area contributed by atoms with Crippen LogP contribution in [0.1, 0.15) is 34.1 Å². The average Bonchev–Trinajstić information content (AvgIpc) is 2.15. The number of carboxylic acid groups (broad SMARTS) is 1. The quantitative estimate of drug-likeness (QED) is 0.694. The van der Waals surface area contributed by atoms with Crippen molar-refractivity contribution in [3.8, 4) is 0 Å². The van der Waals surface area contributed by atoms with Crippen molar-refractivity contribution in [2.24, 2.45) is 5.92 Å². The lowest BCUT2D eigenvalue weighted by atomic mass is 9.94. The van der Waals surface area contributed by atoms with E-state index in [1.807, 2.05) is 21.0 Å².